The maximum atomic E-state index is 13.1. The number of rotatable bonds is 3. The van der Waals surface area contributed by atoms with Crippen LogP contribution in [0, 0.1) is 12.7 Å². The molecule has 0 bridgehead atoms. The Morgan fingerprint density at radius 2 is 1.80 bits per heavy atom. The normalized spacial score (nSPS) is 11.0. The number of hydrogen-bond donors (Lipinski definition) is 2. The number of aromatic amines is 1. The summed E-state index contributed by atoms with van der Waals surface area (Å²) >= 11 is 0. The number of nitrogens with one attached hydrogen (secondary N) is 2. The third kappa shape index (κ3) is 2.87. The highest BCUT2D eigenvalue weighted by Gasteiger charge is 2.12. The number of fused-ring (bicyclic) bond motifs is 1. The summed E-state index contributed by atoms with van der Waals surface area (Å²) in [6, 6.07) is 15.5. The van der Waals surface area contributed by atoms with Gasteiger partial charge in [0.2, 0.25) is 5.95 Å². The molecule has 2 aromatic heterocycles. The van der Waals surface area contributed by atoms with Gasteiger partial charge in [0, 0.05) is 17.3 Å². The van der Waals surface area contributed by atoms with E-state index in [4.69, 9.17) is 0 Å². The first kappa shape index (κ1) is 15.1. The van der Waals surface area contributed by atoms with Crippen molar-refractivity contribution in [3.8, 4) is 11.3 Å². The molecule has 2 N–H and O–H groups in total. The Morgan fingerprint density at radius 1 is 1.08 bits per heavy atom. The lowest BCUT2D eigenvalue weighted by molar-refractivity contribution is 0.628. The van der Waals surface area contributed by atoms with E-state index in [1.807, 2.05) is 31.2 Å². The quantitative estimate of drug-likeness (QED) is 0.602. The third-order valence-corrected chi connectivity index (χ3v) is 3.85. The molecule has 25 heavy (non-hydrogen) atoms. The van der Waals surface area contributed by atoms with Crippen LogP contribution in [0.3, 0.4) is 0 Å². The fraction of sp³-hybridized carbons (Fsp3) is 0.0556. The minimum absolute atomic E-state index is 0.304. The van der Waals surface area contributed by atoms with Gasteiger partial charge >= 0.3 is 5.69 Å². The highest BCUT2D eigenvalue weighted by atomic mass is 19.1. The van der Waals surface area contributed by atoms with Gasteiger partial charge in [-0.15, -0.1) is 0 Å². The minimum Gasteiger partial charge on any atom is -0.325 e. The zero-order valence-corrected chi connectivity index (χ0v) is 13.3. The van der Waals surface area contributed by atoms with Crippen LogP contribution in [0.25, 0.3) is 16.9 Å². The molecule has 0 atom stereocenters. The fourth-order valence-corrected chi connectivity index (χ4v) is 2.55. The van der Waals surface area contributed by atoms with Crippen molar-refractivity contribution < 1.29 is 4.39 Å². The molecule has 2 heterocycles. The Hall–Kier alpha value is -3.48. The molecule has 7 heteroatoms. The molecule has 2 aromatic carbocycles. The Labute approximate surface area is 142 Å². The van der Waals surface area contributed by atoms with Crippen molar-refractivity contribution in [3.05, 3.63) is 76.5 Å². The van der Waals surface area contributed by atoms with E-state index in [9.17, 15) is 9.18 Å². The first-order chi connectivity index (χ1) is 12.1. The second kappa shape index (κ2) is 5.86. The molecule has 0 spiro atoms. The van der Waals surface area contributed by atoms with E-state index in [1.165, 1.54) is 16.5 Å². The van der Waals surface area contributed by atoms with Crippen LogP contribution in [0.2, 0.25) is 0 Å². The molecule has 0 aliphatic carbocycles. The number of nitrogens with zero attached hydrogens (tertiary/aromatic N) is 3. The fourth-order valence-electron chi connectivity index (χ4n) is 2.55. The number of anilines is 2. The van der Waals surface area contributed by atoms with Crippen molar-refractivity contribution >= 4 is 17.3 Å². The van der Waals surface area contributed by atoms with Crippen LogP contribution in [0.15, 0.2) is 59.4 Å². The van der Waals surface area contributed by atoms with E-state index < -0.39 is 5.69 Å². The van der Waals surface area contributed by atoms with Crippen molar-refractivity contribution in [1.29, 1.82) is 0 Å². The van der Waals surface area contributed by atoms with Crippen molar-refractivity contribution in [3.63, 3.8) is 0 Å². The van der Waals surface area contributed by atoms with Gasteiger partial charge in [-0.05, 0) is 31.2 Å². The van der Waals surface area contributed by atoms with Gasteiger partial charge in [-0.25, -0.2) is 23.7 Å². The number of halogens is 1. The maximum Gasteiger partial charge on any atom is 0.350 e. The average Bonchev–Trinajstić information content (AvgIpc) is 2.99. The molecule has 6 nitrogen and oxygen atoms in total. The third-order valence-electron chi connectivity index (χ3n) is 3.85. The summed E-state index contributed by atoms with van der Waals surface area (Å²) in [7, 11) is 0. The smallest absolute Gasteiger partial charge is 0.325 e. The summed E-state index contributed by atoms with van der Waals surface area (Å²) in [6.07, 6.45) is 0. The van der Waals surface area contributed by atoms with Gasteiger partial charge in [-0.3, -0.25) is 0 Å². The van der Waals surface area contributed by atoms with Crippen LogP contribution in [0.1, 0.15) is 5.56 Å². The Morgan fingerprint density at radius 3 is 2.52 bits per heavy atom. The van der Waals surface area contributed by atoms with E-state index in [2.05, 4.69) is 20.5 Å². The highest BCUT2D eigenvalue weighted by Crippen LogP contribution is 2.22. The lowest BCUT2D eigenvalue weighted by Crippen LogP contribution is -2.14. The summed E-state index contributed by atoms with van der Waals surface area (Å²) in [5.41, 5.74) is 3.39. The summed E-state index contributed by atoms with van der Waals surface area (Å²) in [6.45, 7) is 2.01. The molecular formula is C18H14FN5O. The van der Waals surface area contributed by atoms with Crippen molar-refractivity contribution in [2.75, 3.05) is 5.32 Å². The number of H-pyrrole nitrogens is 1. The molecule has 0 radical (unpaired) electrons. The maximum absolute atomic E-state index is 13.1. The molecule has 4 rings (SSSR count). The first-order valence-electron chi connectivity index (χ1n) is 7.68. The molecule has 4 aromatic rings. The van der Waals surface area contributed by atoms with Gasteiger partial charge < -0.3 is 5.32 Å². The summed E-state index contributed by atoms with van der Waals surface area (Å²) in [5.74, 6) is -0.0315. The second-order valence-corrected chi connectivity index (χ2v) is 5.69. The highest BCUT2D eigenvalue weighted by molar-refractivity contribution is 5.67. The van der Waals surface area contributed by atoms with Gasteiger partial charge in [0.25, 0.3) is 0 Å². The number of aromatic nitrogens is 4. The monoisotopic (exact) mass is 335 g/mol. The van der Waals surface area contributed by atoms with Gasteiger partial charge in [-0.1, -0.05) is 29.8 Å². The number of aryl methyl sites for hydroxylation is 1. The van der Waals surface area contributed by atoms with Crippen LogP contribution in [-0.2, 0) is 0 Å². The predicted molar refractivity (Wildman–Crippen MR) is 93.5 cm³/mol. The zero-order chi connectivity index (χ0) is 17.4. The van der Waals surface area contributed by atoms with Crippen LogP contribution < -0.4 is 11.0 Å². The van der Waals surface area contributed by atoms with Crippen LogP contribution >= 0.6 is 0 Å². The molecule has 0 unspecified atom stereocenters. The SMILES string of the molecule is Cc1ccc(-c2cc3n[nH]c(=O)n3c(Nc3ccc(F)cc3)n2)cc1. The molecule has 0 amide bonds. The Bertz CT molecular complexity index is 1100. The van der Waals surface area contributed by atoms with E-state index in [1.54, 1.807) is 18.2 Å². The topological polar surface area (TPSA) is 75.1 Å². The molecule has 0 aliphatic heterocycles. The molecule has 0 saturated carbocycles. The van der Waals surface area contributed by atoms with E-state index in [0.717, 1.165) is 11.1 Å². The molecular weight excluding hydrogens is 321 g/mol. The molecule has 0 fully saturated rings. The summed E-state index contributed by atoms with van der Waals surface area (Å²) < 4.78 is 14.4. The average molecular weight is 335 g/mol. The Balaban J connectivity index is 1.85. The van der Waals surface area contributed by atoms with Gasteiger partial charge in [0.15, 0.2) is 5.65 Å². The largest absolute Gasteiger partial charge is 0.350 e. The van der Waals surface area contributed by atoms with Gasteiger partial charge in [0.05, 0.1) is 5.69 Å². The van der Waals surface area contributed by atoms with Crippen LogP contribution in [0.4, 0.5) is 16.0 Å². The van der Waals surface area contributed by atoms with Gasteiger partial charge in [-0.2, -0.15) is 5.10 Å². The summed E-state index contributed by atoms with van der Waals surface area (Å²) in [5, 5.41) is 9.49. The number of hydrogen-bond acceptors (Lipinski definition) is 4. The minimum atomic E-state index is -0.400. The molecule has 0 aliphatic rings. The van der Waals surface area contributed by atoms with E-state index in [-0.39, 0.29) is 5.82 Å². The van der Waals surface area contributed by atoms with Crippen molar-refractivity contribution in [1.82, 2.24) is 19.6 Å². The summed E-state index contributed by atoms with van der Waals surface area (Å²) in [4.78, 5) is 16.6. The molecule has 124 valence electrons. The standard InChI is InChI=1S/C18H14FN5O/c1-11-2-4-12(5-3-11)15-10-16-22-23-18(25)24(16)17(21-15)20-14-8-6-13(19)7-9-14/h2-10H,1H3,(H,20,21)(H,23,25). The van der Waals surface area contributed by atoms with Crippen LogP contribution in [-0.4, -0.2) is 19.6 Å². The van der Waals surface area contributed by atoms with Crippen LogP contribution in [0.5, 0.6) is 0 Å². The number of benzene rings is 2. The lowest BCUT2D eigenvalue weighted by Gasteiger charge is -2.10. The lowest BCUT2D eigenvalue weighted by atomic mass is 10.1. The first-order valence-corrected chi connectivity index (χ1v) is 7.68. The van der Waals surface area contributed by atoms with Crippen molar-refractivity contribution in [2.45, 2.75) is 6.92 Å². The Kier molecular flexibility index (Phi) is 3.53. The second-order valence-electron chi connectivity index (χ2n) is 5.69. The predicted octanol–water partition coefficient (Wildman–Crippen LogP) is 3.28. The zero-order valence-electron chi connectivity index (χ0n) is 13.3. The van der Waals surface area contributed by atoms with Crippen molar-refractivity contribution in [2.24, 2.45) is 0 Å². The van der Waals surface area contributed by atoms with Gasteiger partial charge in [0.1, 0.15) is 5.82 Å². The van der Waals surface area contributed by atoms with E-state index >= 15 is 0 Å². The van der Waals surface area contributed by atoms with E-state index in [0.29, 0.717) is 23.0 Å². The molecule has 0 saturated heterocycles.